The number of hydrogen-bond donors (Lipinski definition) is 2. The highest BCUT2D eigenvalue weighted by Gasteiger charge is 2.22. The van der Waals surface area contributed by atoms with Crippen molar-refractivity contribution in [1.29, 1.82) is 0 Å². The van der Waals surface area contributed by atoms with Crippen molar-refractivity contribution in [2.24, 2.45) is 0 Å². The van der Waals surface area contributed by atoms with Gasteiger partial charge in [-0.3, -0.25) is 4.79 Å². The van der Waals surface area contributed by atoms with E-state index in [1.54, 1.807) is 0 Å². The van der Waals surface area contributed by atoms with Gasteiger partial charge in [0, 0.05) is 18.4 Å². The van der Waals surface area contributed by atoms with Gasteiger partial charge < -0.3 is 15.2 Å². The van der Waals surface area contributed by atoms with Crippen LogP contribution in [0.2, 0.25) is 0 Å². The highest BCUT2D eigenvalue weighted by atomic mass is 32.1. The van der Waals surface area contributed by atoms with Crippen molar-refractivity contribution in [3.63, 3.8) is 0 Å². The number of esters is 1. The molecule has 0 radical (unpaired) electrons. The average molecular weight is 301 g/mol. The quantitative estimate of drug-likeness (QED) is 0.768. The number of nitrogens with zero attached hydrogens (tertiary/aromatic N) is 2. The number of nitrogens with one attached hydrogen (secondary N) is 1. The molecule has 0 bridgehead atoms. The van der Waals surface area contributed by atoms with Gasteiger partial charge in [0.05, 0.1) is 7.11 Å². The van der Waals surface area contributed by atoms with E-state index in [0.717, 1.165) is 5.01 Å². The fraction of sp³-hybridized carbons (Fsp3) is 0.667. The van der Waals surface area contributed by atoms with E-state index in [9.17, 15) is 14.7 Å². The Kier molecular flexibility index (Phi) is 5.58. The van der Waals surface area contributed by atoms with Gasteiger partial charge in [0.25, 0.3) is 5.91 Å². The largest absolute Gasteiger partial charge is 0.467 e. The molecule has 1 amide bonds. The first-order valence-corrected chi connectivity index (χ1v) is 6.95. The molecule has 0 aliphatic heterocycles. The number of amides is 1. The molecule has 0 fully saturated rings. The van der Waals surface area contributed by atoms with Crippen LogP contribution in [0.4, 0.5) is 0 Å². The molecular formula is C12H19N3O4S. The standard InChI is InChI=1S/C12H19N3O4S/c1-12(2,3)11-15-14-9(20-11)8(17)13-6-5-7(16)10(18)19-4/h7,16H,5-6H2,1-4H3,(H,13,17)/t7-/m0/s1. The first-order chi connectivity index (χ1) is 9.25. The van der Waals surface area contributed by atoms with E-state index in [1.165, 1.54) is 18.4 Å². The lowest BCUT2D eigenvalue weighted by atomic mass is 9.98. The zero-order chi connectivity index (χ0) is 15.3. The van der Waals surface area contributed by atoms with Crippen molar-refractivity contribution >= 4 is 23.2 Å². The lowest BCUT2D eigenvalue weighted by Crippen LogP contribution is -2.30. The second-order valence-corrected chi connectivity index (χ2v) is 6.22. The SMILES string of the molecule is COC(=O)[C@@H](O)CCNC(=O)c1nnc(C(C)(C)C)s1. The molecule has 112 valence electrons. The Morgan fingerprint density at radius 2 is 2.05 bits per heavy atom. The third-order valence-corrected chi connectivity index (χ3v) is 3.79. The van der Waals surface area contributed by atoms with Gasteiger partial charge in [0.2, 0.25) is 5.01 Å². The monoisotopic (exact) mass is 301 g/mol. The van der Waals surface area contributed by atoms with Crippen LogP contribution in [-0.2, 0) is 14.9 Å². The number of aliphatic hydroxyl groups excluding tert-OH is 1. The van der Waals surface area contributed by atoms with E-state index < -0.39 is 12.1 Å². The second kappa shape index (κ2) is 6.76. The van der Waals surface area contributed by atoms with Gasteiger partial charge in [-0.15, -0.1) is 10.2 Å². The van der Waals surface area contributed by atoms with Gasteiger partial charge in [-0.05, 0) is 0 Å². The highest BCUT2D eigenvalue weighted by molar-refractivity contribution is 7.13. The molecule has 1 rings (SSSR count). The molecule has 1 heterocycles. The Labute approximate surface area is 121 Å². The smallest absolute Gasteiger partial charge is 0.334 e. The van der Waals surface area contributed by atoms with Crippen molar-refractivity contribution in [2.75, 3.05) is 13.7 Å². The van der Waals surface area contributed by atoms with Crippen LogP contribution in [0.15, 0.2) is 0 Å². The maximum Gasteiger partial charge on any atom is 0.334 e. The summed E-state index contributed by atoms with van der Waals surface area (Å²) in [5.41, 5.74) is -0.155. The first-order valence-electron chi connectivity index (χ1n) is 6.13. The molecule has 0 aromatic carbocycles. The molecular weight excluding hydrogens is 282 g/mol. The molecule has 0 saturated carbocycles. The van der Waals surface area contributed by atoms with Crippen molar-refractivity contribution in [3.8, 4) is 0 Å². The Bertz CT molecular complexity index is 481. The summed E-state index contributed by atoms with van der Waals surface area (Å²) >= 11 is 1.23. The minimum atomic E-state index is -1.24. The third kappa shape index (κ3) is 4.53. The maximum absolute atomic E-state index is 11.8. The second-order valence-electron chi connectivity index (χ2n) is 5.25. The Balaban J connectivity index is 2.48. The summed E-state index contributed by atoms with van der Waals surface area (Å²) in [6.07, 6.45) is -1.15. The predicted molar refractivity (Wildman–Crippen MR) is 73.6 cm³/mol. The summed E-state index contributed by atoms with van der Waals surface area (Å²) in [6.45, 7) is 6.12. The lowest BCUT2D eigenvalue weighted by Gasteiger charge is -2.12. The first kappa shape index (κ1) is 16.5. The summed E-state index contributed by atoms with van der Waals surface area (Å²) in [4.78, 5) is 22.8. The number of carbonyl (C=O) groups is 2. The fourth-order valence-electron chi connectivity index (χ4n) is 1.27. The number of hydrogen-bond acceptors (Lipinski definition) is 7. The summed E-state index contributed by atoms with van der Waals surface area (Å²) in [5.74, 6) is -1.08. The van der Waals surface area contributed by atoms with Crippen LogP contribution in [0.25, 0.3) is 0 Å². The minimum absolute atomic E-state index is 0.0867. The molecule has 0 aliphatic rings. The van der Waals surface area contributed by atoms with Crippen LogP contribution in [0.5, 0.6) is 0 Å². The minimum Gasteiger partial charge on any atom is -0.467 e. The summed E-state index contributed by atoms with van der Waals surface area (Å²) in [6, 6.07) is 0. The Morgan fingerprint density at radius 3 is 2.55 bits per heavy atom. The van der Waals surface area contributed by atoms with Crippen molar-refractivity contribution in [1.82, 2.24) is 15.5 Å². The predicted octanol–water partition coefficient (Wildman–Crippen LogP) is 0.489. The molecule has 1 aromatic rings. The zero-order valence-corrected chi connectivity index (χ0v) is 12.8. The molecule has 7 nitrogen and oxygen atoms in total. The molecule has 0 unspecified atom stereocenters. The van der Waals surface area contributed by atoms with Gasteiger partial charge in [-0.1, -0.05) is 32.1 Å². The lowest BCUT2D eigenvalue weighted by molar-refractivity contribution is -0.150. The van der Waals surface area contributed by atoms with E-state index in [0.29, 0.717) is 0 Å². The normalized spacial score (nSPS) is 12.8. The summed E-state index contributed by atoms with van der Waals surface area (Å²) in [7, 11) is 1.19. The zero-order valence-electron chi connectivity index (χ0n) is 12.0. The molecule has 0 spiro atoms. The van der Waals surface area contributed by atoms with Gasteiger partial charge in [0.15, 0.2) is 6.10 Å². The number of rotatable bonds is 5. The van der Waals surface area contributed by atoms with Crippen molar-refractivity contribution in [3.05, 3.63) is 10.0 Å². The van der Waals surface area contributed by atoms with Crippen LogP contribution in [0.3, 0.4) is 0 Å². The van der Waals surface area contributed by atoms with Gasteiger partial charge in [-0.2, -0.15) is 0 Å². The van der Waals surface area contributed by atoms with Crippen molar-refractivity contribution in [2.45, 2.75) is 38.7 Å². The number of aromatic nitrogens is 2. The van der Waals surface area contributed by atoms with E-state index in [4.69, 9.17) is 0 Å². The molecule has 0 aliphatic carbocycles. The summed E-state index contributed by atoms with van der Waals surface area (Å²) in [5, 5.41) is 20.8. The number of aliphatic hydroxyl groups is 1. The molecule has 1 atom stereocenters. The Morgan fingerprint density at radius 1 is 1.40 bits per heavy atom. The van der Waals surface area contributed by atoms with E-state index in [-0.39, 0.29) is 29.3 Å². The molecule has 1 aromatic heterocycles. The Hall–Kier alpha value is -1.54. The number of ether oxygens (including phenoxy) is 1. The molecule has 20 heavy (non-hydrogen) atoms. The summed E-state index contributed by atoms with van der Waals surface area (Å²) < 4.78 is 4.37. The fourth-order valence-corrected chi connectivity index (χ4v) is 2.09. The van der Waals surface area contributed by atoms with E-state index in [2.05, 4.69) is 20.3 Å². The van der Waals surface area contributed by atoms with Crippen LogP contribution >= 0.6 is 11.3 Å². The topological polar surface area (TPSA) is 101 Å². The van der Waals surface area contributed by atoms with Crippen molar-refractivity contribution < 1.29 is 19.4 Å². The average Bonchev–Trinajstić information content (AvgIpc) is 2.86. The maximum atomic E-state index is 11.8. The van der Waals surface area contributed by atoms with Gasteiger partial charge in [-0.25, -0.2) is 4.79 Å². The molecule has 2 N–H and O–H groups in total. The van der Waals surface area contributed by atoms with Crippen LogP contribution < -0.4 is 5.32 Å². The van der Waals surface area contributed by atoms with Gasteiger partial charge >= 0.3 is 5.97 Å². The van der Waals surface area contributed by atoms with E-state index >= 15 is 0 Å². The molecule has 8 heteroatoms. The van der Waals surface area contributed by atoms with Gasteiger partial charge in [0.1, 0.15) is 5.01 Å². The third-order valence-electron chi connectivity index (χ3n) is 2.44. The number of methoxy groups -OCH3 is 1. The van der Waals surface area contributed by atoms with Crippen LogP contribution in [0.1, 0.15) is 42.0 Å². The van der Waals surface area contributed by atoms with Crippen LogP contribution in [-0.4, -0.2) is 46.9 Å². The highest BCUT2D eigenvalue weighted by Crippen LogP contribution is 2.25. The molecule has 0 saturated heterocycles. The van der Waals surface area contributed by atoms with E-state index in [1.807, 2.05) is 20.8 Å². The number of carbonyl (C=O) groups excluding carboxylic acids is 2. The van der Waals surface area contributed by atoms with Crippen LogP contribution in [0, 0.1) is 0 Å².